The number of thiophene rings is 1. The summed E-state index contributed by atoms with van der Waals surface area (Å²) in [5.74, 6) is 0.983. The lowest BCUT2D eigenvalue weighted by molar-refractivity contribution is -0.129. The predicted molar refractivity (Wildman–Crippen MR) is 112 cm³/mol. The van der Waals surface area contributed by atoms with Crippen molar-refractivity contribution in [3.05, 3.63) is 40.0 Å². The van der Waals surface area contributed by atoms with Crippen LogP contribution in [0, 0.1) is 13.8 Å². The van der Waals surface area contributed by atoms with Crippen molar-refractivity contribution in [2.75, 3.05) is 31.1 Å². The number of hydrogen-bond donors (Lipinski definition) is 0. The minimum Gasteiger partial charge on any atom is -0.352 e. The van der Waals surface area contributed by atoms with E-state index < -0.39 is 0 Å². The van der Waals surface area contributed by atoms with Crippen molar-refractivity contribution in [3.8, 4) is 11.1 Å². The molecule has 1 aliphatic rings. The number of anilines is 1. The van der Waals surface area contributed by atoms with E-state index in [1.165, 1.54) is 16.7 Å². The Hall–Kier alpha value is -2.18. The van der Waals surface area contributed by atoms with E-state index >= 15 is 0 Å². The van der Waals surface area contributed by atoms with Crippen LogP contribution in [0.1, 0.15) is 18.1 Å². The molecule has 140 valence electrons. The van der Waals surface area contributed by atoms with Crippen molar-refractivity contribution in [2.24, 2.45) is 0 Å². The number of amides is 1. The number of aryl methyl sites for hydroxylation is 2. The third-order valence-electron chi connectivity index (χ3n) is 5.08. The molecule has 0 bridgehead atoms. The van der Waals surface area contributed by atoms with Gasteiger partial charge in [-0.3, -0.25) is 4.79 Å². The Kier molecular flexibility index (Phi) is 4.78. The molecular weight excluding hydrogens is 380 g/mol. The molecule has 3 heterocycles. The van der Waals surface area contributed by atoms with Gasteiger partial charge in [0.05, 0.1) is 5.39 Å². The average Bonchev–Trinajstić information content (AvgIpc) is 3.04. The maximum Gasteiger partial charge on any atom is 0.225 e. The number of benzene rings is 1. The van der Waals surface area contributed by atoms with Crippen LogP contribution in [0.5, 0.6) is 0 Å². The van der Waals surface area contributed by atoms with Crippen molar-refractivity contribution in [2.45, 2.75) is 20.8 Å². The summed E-state index contributed by atoms with van der Waals surface area (Å²) < 4.78 is 0. The van der Waals surface area contributed by atoms with Crippen molar-refractivity contribution < 1.29 is 4.79 Å². The SMILES string of the molecule is CC(=O)N1CCN(c2nc(Cl)nc3scc(-c4ccc(C)cc4C)c23)CC1. The summed E-state index contributed by atoms with van der Waals surface area (Å²) in [6.45, 7) is 8.73. The molecule has 0 N–H and O–H groups in total. The van der Waals surface area contributed by atoms with E-state index in [1.54, 1.807) is 18.3 Å². The van der Waals surface area contributed by atoms with Crippen molar-refractivity contribution in [3.63, 3.8) is 0 Å². The van der Waals surface area contributed by atoms with E-state index in [9.17, 15) is 4.79 Å². The third-order valence-corrected chi connectivity index (χ3v) is 6.13. The number of hydrogen-bond acceptors (Lipinski definition) is 5. The second-order valence-electron chi connectivity index (χ2n) is 6.96. The van der Waals surface area contributed by atoms with Gasteiger partial charge in [-0.1, -0.05) is 23.8 Å². The number of carbonyl (C=O) groups is 1. The molecule has 1 saturated heterocycles. The van der Waals surface area contributed by atoms with Gasteiger partial charge in [0.15, 0.2) is 0 Å². The highest BCUT2D eigenvalue weighted by Crippen LogP contribution is 2.40. The Morgan fingerprint density at radius 1 is 1.11 bits per heavy atom. The normalized spacial score (nSPS) is 14.8. The predicted octanol–water partition coefficient (Wildman–Crippen LogP) is 4.30. The minimum absolute atomic E-state index is 0.118. The molecule has 27 heavy (non-hydrogen) atoms. The van der Waals surface area contributed by atoms with E-state index in [2.05, 4.69) is 52.3 Å². The Morgan fingerprint density at radius 3 is 2.52 bits per heavy atom. The highest BCUT2D eigenvalue weighted by Gasteiger charge is 2.24. The van der Waals surface area contributed by atoms with Crippen LogP contribution in [-0.2, 0) is 4.79 Å². The first-order valence-electron chi connectivity index (χ1n) is 8.97. The van der Waals surface area contributed by atoms with E-state index in [-0.39, 0.29) is 11.2 Å². The number of nitrogens with zero attached hydrogens (tertiary/aromatic N) is 4. The Labute approximate surface area is 167 Å². The van der Waals surface area contributed by atoms with Gasteiger partial charge in [0, 0.05) is 44.0 Å². The van der Waals surface area contributed by atoms with Crippen molar-refractivity contribution in [1.29, 1.82) is 0 Å². The number of aromatic nitrogens is 2. The molecule has 1 aliphatic heterocycles. The molecule has 1 fully saturated rings. The summed E-state index contributed by atoms with van der Waals surface area (Å²) in [6.07, 6.45) is 0. The quantitative estimate of drug-likeness (QED) is 0.602. The zero-order valence-electron chi connectivity index (χ0n) is 15.6. The monoisotopic (exact) mass is 400 g/mol. The Morgan fingerprint density at radius 2 is 1.85 bits per heavy atom. The first-order chi connectivity index (χ1) is 12.9. The highest BCUT2D eigenvalue weighted by atomic mass is 35.5. The van der Waals surface area contributed by atoms with Crippen LogP contribution >= 0.6 is 22.9 Å². The lowest BCUT2D eigenvalue weighted by Gasteiger charge is -2.35. The van der Waals surface area contributed by atoms with Crippen molar-refractivity contribution >= 4 is 44.9 Å². The molecule has 0 aliphatic carbocycles. The summed E-state index contributed by atoms with van der Waals surface area (Å²) in [4.78, 5) is 25.7. The van der Waals surface area contributed by atoms with Crippen LogP contribution < -0.4 is 4.90 Å². The number of rotatable bonds is 2. The Balaban J connectivity index is 1.81. The van der Waals surface area contributed by atoms with Crippen LogP contribution in [-0.4, -0.2) is 47.0 Å². The fourth-order valence-corrected chi connectivity index (χ4v) is 4.82. The summed E-state index contributed by atoms with van der Waals surface area (Å²) >= 11 is 7.82. The van der Waals surface area contributed by atoms with Crippen LogP contribution in [0.15, 0.2) is 23.6 Å². The average molecular weight is 401 g/mol. The highest BCUT2D eigenvalue weighted by molar-refractivity contribution is 7.17. The number of fused-ring (bicyclic) bond motifs is 1. The molecule has 0 spiro atoms. The molecule has 4 rings (SSSR count). The van der Waals surface area contributed by atoms with Crippen LogP contribution in [0.3, 0.4) is 0 Å². The Bertz CT molecular complexity index is 1020. The molecule has 3 aromatic rings. The van der Waals surface area contributed by atoms with Gasteiger partial charge in [-0.25, -0.2) is 4.98 Å². The van der Waals surface area contributed by atoms with Gasteiger partial charge in [0.25, 0.3) is 0 Å². The molecular formula is C20H21ClN4OS. The molecule has 0 unspecified atom stereocenters. The van der Waals surface area contributed by atoms with E-state index in [1.807, 2.05) is 4.90 Å². The molecule has 7 heteroatoms. The molecule has 1 aromatic carbocycles. The lowest BCUT2D eigenvalue weighted by Crippen LogP contribution is -2.48. The number of carbonyl (C=O) groups excluding carboxylic acids is 1. The molecule has 0 atom stereocenters. The van der Waals surface area contributed by atoms with Gasteiger partial charge in [0.1, 0.15) is 10.6 Å². The van der Waals surface area contributed by atoms with Gasteiger partial charge in [0.2, 0.25) is 11.2 Å². The third kappa shape index (κ3) is 3.39. The van der Waals surface area contributed by atoms with Gasteiger partial charge in [-0.15, -0.1) is 11.3 Å². The fourth-order valence-electron chi connectivity index (χ4n) is 3.67. The van der Waals surface area contributed by atoms with Crippen LogP contribution in [0.25, 0.3) is 21.3 Å². The van der Waals surface area contributed by atoms with E-state index in [0.29, 0.717) is 13.1 Å². The van der Waals surface area contributed by atoms with Gasteiger partial charge in [-0.2, -0.15) is 4.98 Å². The lowest BCUT2D eigenvalue weighted by atomic mass is 9.99. The smallest absolute Gasteiger partial charge is 0.225 e. The van der Waals surface area contributed by atoms with Gasteiger partial charge < -0.3 is 9.80 Å². The molecule has 1 amide bonds. The van der Waals surface area contributed by atoms with Gasteiger partial charge >= 0.3 is 0 Å². The van der Waals surface area contributed by atoms with Crippen molar-refractivity contribution in [1.82, 2.24) is 14.9 Å². The maximum absolute atomic E-state index is 11.6. The van der Waals surface area contributed by atoms with E-state index in [4.69, 9.17) is 11.6 Å². The summed E-state index contributed by atoms with van der Waals surface area (Å²) in [5.41, 5.74) is 4.82. The van der Waals surface area contributed by atoms with Gasteiger partial charge in [-0.05, 0) is 36.6 Å². The number of piperazine rings is 1. The maximum atomic E-state index is 11.6. The minimum atomic E-state index is 0.118. The van der Waals surface area contributed by atoms with E-state index in [0.717, 1.165) is 34.7 Å². The summed E-state index contributed by atoms with van der Waals surface area (Å²) in [6, 6.07) is 6.49. The largest absolute Gasteiger partial charge is 0.352 e. The number of halogens is 1. The first-order valence-corrected chi connectivity index (χ1v) is 10.2. The second-order valence-corrected chi connectivity index (χ2v) is 8.15. The molecule has 2 aromatic heterocycles. The zero-order valence-corrected chi connectivity index (χ0v) is 17.2. The molecule has 5 nitrogen and oxygen atoms in total. The molecule has 0 saturated carbocycles. The van der Waals surface area contributed by atoms with Crippen LogP contribution in [0.2, 0.25) is 5.28 Å². The second kappa shape index (κ2) is 7.09. The molecule has 0 radical (unpaired) electrons. The fraction of sp³-hybridized carbons (Fsp3) is 0.350. The zero-order chi connectivity index (χ0) is 19.1. The summed E-state index contributed by atoms with van der Waals surface area (Å²) in [7, 11) is 0. The first kappa shape index (κ1) is 18.2. The summed E-state index contributed by atoms with van der Waals surface area (Å²) in [5, 5.41) is 3.45. The van der Waals surface area contributed by atoms with Crippen LogP contribution in [0.4, 0.5) is 5.82 Å². The topological polar surface area (TPSA) is 49.3 Å². The standard InChI is InChI=1S/C20H21ClN4OS/c1-12-4-5-15(13(2)10-12)16-11-27-19-17(16)18(22-20(21)23-19)25-8-6-24(7-9-25)14(3)26/h4-5,10-11H,6-9H2,1-3H3.